The fourth-order valence-electron chi connectivity index (χ4n) is 6.87. The SMILES string of the molecule is C=CC(C)(CCC(C)(C)CC(=O)Nc1ccc(S(N)(=O)=O)cc1)C[N+]12Cc3cccc[n+]3C1(C)[n+]1ccccc1C2. The van der Waals surface area contributed by atoms with E-state index in [2.05, 4.69) is 104 Å². The molecule has 1 atom stereocenters. The van der Waals surface area contributed by atoms with Crippen LogP contribution in [0.5, 0.6) is 0 Å². The monoisotopic (exact) mass is 576 g/mol. The summed E-state index contributed by atoms with van der Waals surface area (Å²) in [5.74, 6) is -0.378. The third-order valence-corrected chi connectivity index (χ3v) is 10.2. The zero-order chi connectivity index (χ0) is 29.7. The highest BCUT2D eigenvalue weighted by atomic mass is 32.2. The van der Waals surface area contributed by atoms with E-state index in [9.17, 15) is 13.2 Å². The van der Waals surface area contributed by atoms with E-state index in [1.807, 2.05) is 0 Å². The molecule has 5 rings (SSSR count). The number of sulfonamides is 1. The average Bonchev–Trinajstić information content (AvgIpc) is 3.29. The Morgan fingerprint density at radius 2 is 1.56 bits per heavy atom. The van der Waals surface area contributed by atoms with Crippen LogP contribution in [0.1, 0.15) is 58.3 Å². The highest BCUT2D eigenvalue weighted by molar-refractivity contribution is 7.89. The number of rotatable bonds is 10. The summed E-state index contributed by atoms with van der Waals surface area (Å²) < 4.78 is 28.8. The molecule has 2 aliphatic heterocycles. The predicted octanol–water partition coefficient (Wildman–Crippen LogP) is 3.96. The lowest BCUT2D eigenvalue weighted by Crippen LogP contribution is -2.78. The summed E-state index contributed by atoms with van der Waals surface area (Å²) in [7, 11) is -3.78. The third kappa shape index (κ3) is 5.34. The van der Waals surface area contributed by atoms with Crippen molar-refractivity contribution in [2.24, 2.45) is 16.0 Å². The van der Waals surface area contributed by atoms with Crippen LogP contribution in [0.15, 0.2) is 90.6 Å². The molecule has 0 aliphatic carbocycles. The normalized spacial score (nSPS) is 22.8. The van der Waals surface area contributed by atoms with E-state index in [1.165, 1.54) is 23.5 Å². The lowest BCUT2D eigenvalue weighted by Gasteiger charge is -2.39. The summed E-state index contributed by atoms with van der Waals surface area (Å²) >= 11 is 0. The van der Waals surface area contributed by atoms with E-state index in [0.717, 1.165) is 37.0 Å². The first-order chi connectivity index (χ1) is 19.2. The molecule has 3 aromatic rings. The number of aromatic nitrogens is 2. The van der Waals surface area contributed by atoms with Gasteiger partial charge in [-0.25, -0.2) is 13.6 Å². The minimum absolute atomic E-state index is 0.0148. The first-order valence-electron chi connectivity index (χ1n) is 14.1. The number of amides is 1. The minimum atomic E-state index is -3.78. The molecule has 3 N–H and O–H groups in total. The molecule has 0 saturated carbocycles. The zero-order valence-electron chi connectivity index (χ0n) is 24.5. The first kappa shape index (κ1) is 29.1. The van der Waals surface area contributed by atoms with Crippen molar-refractivity contribution in [2.75, 3.05) is 11.9 Å². The first-order valence-corrected chi connectivity index (χ1v) is 15.7. The van der Waals surface area contributed by atoms with E-state index in [0.29, 0.717) is 12.1 Å². The van der Waals surface area contributed by atoms with Crippen molar-refractivity contribution in [1.29, 1.82) is 0 Å². The summed E-state index contributed by atoms with van der Waals surface area (Å²) in [5, 5.41) is 8.07. The fourth-order valence-corrected chi connectivity index (χ4v) is 7.38. The van der Waals surface area contributed by atoms with Gasteiger partial charge in [0.25, 0.3) is 0 Å². The van der Waals surface area contributed by atoms with Gasteiger partial charge in [-0.05, 0) is 54.7 Å². The quantitative estimate of drug-likeness (QED) is 0.217. The Morgan fingerprint density at radius 3 is 2.07 bits per heavy atom. The van der Waals surface area contributed by atoms with Crippen molar-refractivity contribution in [3.05, 3.63) is 97.1 Å². The fraction of sp³-hybridized carbons (Fsp3) is 0.406. The van der Waals surface area contributed by atoms with Crippen molar-refractivity contribution in [1.82, 2.24) is 0 Å². The standard InChI is InChI=1S/C32H41N5O3S/c1-6-31(4,18-17-30(2,3)21-29(38)34-25-13-15-28(16-14-25)41(33,39)40)24-37-22-26-11-7-9-19-35(26)32(37,5)36-20-10-8-12-27(36)23-37/h6-16,19-20H,1,17-18,21-24H2,2-5H3,(H2-,33,34,38,39,40)/q+2/p+1. The summed E-state index contributed by atoms with van der Waals surface area (Å²) in [5.41, 5.74) is 2.81. The largest absolute Gasteiger partial charge is 0.489 e. The maximum Gasteiger partial charge on any atom is 0.489 e. The third-order valence-electron chi connectivity index (χ3n) is 9.26. The van der Waals surface area contributed by atoms with Gasteiger partial charge < -0.3 is 5.32 Å². The Hall–Kier alpha value is -3.40. The molecule has 1 aromatic carbocycles. The van der Waals surface area contributed by atoms with Gasteiger partial charge in [0.1, 0.15) is 6.92 Å². The number of carbonyl (C=O) groups is 1. The minimum Gasteiger partial charge on any atom is -0.326 e. The van der Waals surface area contributed by atoms with Crippen molar-refractivity contribution < 1.29 is 26.8 Å². The smallest absolute Gasteiger partial charge is 0.326 e. The number of carbonyl (C=O) groups excluding carboxylic acids is 1. The molecular formula is C32H42N5O3S+3. The Labute approximate surface area is 243 Å². The molecule has 1 unspecified atom stereocenters. The maximum atomic E-state index is 12.9. The molecule has 0 spiro atoms. The Bertz CT molecular complexity index is 1550. The van der Waals surface area contributed by atoms with Gasteiger partial charge in [0.2, 0.25) is 27.3 Å². The van der Waals surface area contributed by atoms with E-state index in [1.54, 1.807) is 12.1 Å². The molecule has 2 aromatic heterocycles. The number of hydrogen-bond acceptors (Lipinski definition) is 3. The van der Waals surface area contributed by atoms with Gasteiger partial charge in [-0.2, -0.15) is 4.48 Å². The number of fused-ring (bicyclic) bond motifs is 5. The summed E-state index contributed by atoms with van der Waals surface area (Å²) in [6.07, 6.45) is 8.63. The van der Waals surface area contributed by atoms with Crippen molar-refractivity contribution >= 4 is 21.6 Å². The molecule has 1 amide bonds. The van der Waals surface area contributed by atoms with Crippen LogP contribution in [0, 0.1) is 10.8 Å². The van der Waals surface area contributed by atoms with Crippen LogP contribution in [-0.4, -0.2) is 25.4 Å². The number of primary sulfonamides is 1. The molecule has 0 saturated heterocycles. The molecule has 0 fully saturated rings. The molecule has 2 aliphatic rings. The number of benzene rings is 1. The van der Waals surface area contributed by atoms with Gasteiger partial charge in [0, 0.05) is 41.8 Å². The summed E-state index contributed by atoms with van der Waals surface area (Å²) in [6, 6.07) is 18.9. The predicted molar refractivity (Wildman–Crippen MR) is 157 cm³/mol. The van der Waals surface area contributed by atoms with Gasteiger partial charge in [-0.3, -0.25) is 4.79 Å². The molecule has 0 radical (unpaired) electrons. The molecule has 4 heterocycles. The van der Waals surface area contributed by atoms with Crippen LogP contribution < -0.4 is 19.6 Å². The number of hydrogen-bond donors (Lipinski definition) is 2. The molecule has 216 valence electrons. The molecule has 41 heavy (non-hydrogen) atoms. The van der Waals surface area contributed by atoms with Crippen molar-refractivity contribution in [3.8, 4) is 0 Å². The van der Waals surface area contributed by atoms with Gasteiger partial charge in [0.15, 0.2) is 25.5 Å². The van der Waals surface area contributed by atoms with E-state index in [4.69, 9.17) is 5.14 Å². The van der Waals surface area contributed by atoms with Crippen molar-refractivity contribution in [3.63, 3.8) is 0 Å². The Balaban J connectivity index is 1.30. The molecule has 0 bridgehead atoms. The number of nitrogens with two attached hydrogens (primary N) is 1. The molecular weight excluding hydrogens is 534 g/mol. The van der Waals surface area contributed by atoms with Crippen LogP contribution in [0.4, 0.5) is 5.69 Å². The second kappa shape index (κ2) is 10.2. The summed E-state index contributed by atoms with van der Waals surface area (Å²) in [4.78, 5) is 13.0. The van der Waals surface area contributed by atoms with Gasteiger partial charge >= 0.3 is 5.79 Å². The number of anilines is 1. The highest BCUT2D eigenvalue weighted by Crippen LogP contribution is 2.44. The van der Waals surface area contributed by atoms with Gasteiger partial charge in [-0.15, -0.1) is 6.58 Å². The average molecular weight is 577 g/mol. The number of nitrogens with zero attached hydrogens (tertiary/aromatic N) is 3. The van der Waals surface area contributed by atoms with Gasteiger partial charge in [-0.1, -0.05) is 36.0 Å². The van der Waals surface area contributed by atoms with Gasteiger partial charge in [0.05, 0.1) is 11.4 Å². The number of nitrogens with one attached hydrogen (secondary N) is 1. The Morgan fingerprint density at radius 1 is 1.00 bits per heavy atom. The lowest BCUT2D eigenvalue weighted by molar-refractivity contribution is -1.20. The second-order valence-electron chi connectivity index (χ2n) is 13.0. The lowest BCUT2D eigenvalue weighted by atomic mass is 9.75. The number of pyridine rings is 2. The maximum absolute atomic E-state index is 12.9. The topological polar surface area (TPSA) is 97.0 Å². The van der Waals surface area contributed by atoms with E-state index in [-0.39, 0.29) is 27.4 Å². The summed E-state index contributed by atoms with van der Waals surface area (Å²) in [6.45, 7) is 16.0. The van der Waals surface area contributed by atoms with Crippen molar-refractivity contribution in [2.45, 2.75) is 70.7 Å². The molecule has 9 heteroatoms. The van der Waals surface area contributed by atoms with E-state index < -0.39 is 10.0 Å². The van der Waals surface area contributed by atoms with Crippen LogP contribution in [0.2, 0.25) is 0 Å². The molecule has 8 nitrogen and oxygen atoms in total. The Kier molecular flexibility index (Phi) is 7.21. The zero-order valence-corrected chi connectivity index (χ0v) is 25.3. The van der Waals surface area contributed by atoms with Crippen LogP contribution in [-0.2, 0) is 33.7 Å². The van der Waals surface area contributed by atoms with Crippen LogP contribution in [0.3, 0.4) is 0 Å². The van der Waals surface area contributed by atoms with Crippen LogP contribution in [0.25, 0.3) is 0 Å². The van der Waals surface area contributed by atoms with Crippen LogP contribution >= 0.6 is 0 Å². The highest BCUT2D eigenvalue weighted by Gasteiger charge is 2.75. The number of quaternary nitrogens is 1. The second-order valence-corrected chi connectivity index (χ2v) is 14.6. The van der Waals surface area contributed by atoms with E-state index >= 15 is 0 Å².